The van der Waals surface area contributed by atoms with E-state index in [1.807, 2.05) is 79.7 Å². The predicted octanol–water partition coefficient (Wildman–Crippen LogP) is 5.03. The van der Waals surface area contributed by atoms with Crippen LogP contribution < -0.4 is 10.6 Å². The number of amides is 1. The molecule has 4 rings (SSSR count). The van der Waals surface area contributed by atoms with Crippen LogP contribution in [0, 0.1) is 0 Å². The molecule has 2 heterocycles. The number of carbonyl (C=O) groups is 1. The molecule has 2 aromatic heterocycles. The topological polar surface area (TPSA) is 91.9 Å². The Balaban J connectivity index is 1.46. The van der Waals surface area contributed by atoms with E-state index in [0.29, 0.717) is 25.3 Å². The minimum absolute atomic E-state index is 0.112. The molecule has 2 aromatic carbocycles. The van der Waals surface area contributed by atoms with E-state index in [1.165, 1.54) is 0 Å². The molecule has 4 aromatic rings. The fraction of sp³-hybridized carbons (Fsp3) is 0.192. The molecule has 0 saturated carbocycles. The molecule has 0 spiro atoms. The van der Waals surface area contributed by atoms with Crippen LogP contribution in [0.3, 0.4) is 0 Å². The van der Waals surface area contributed by atoms with Gasteiger partial charge in [-0.15, -0.1) is 0 Å². The second-order valence-corrected chi connectivity index (χ2v) is 7.43. The highest BCUT2D eigenvalue weighted by Crippen LogP contribution is 2.26. The number of nitrogens with one attached hydrogen (secondary N) is 3. The summed E-state index contributed by atoms with van der Waals surface area (Å²) in [5, 5.41) is 14.8. The molecule has 0 aliphatic carbocycles. The minimum Gasteiger partial charge on any atom is -0.382 e. The fourth-order valence-corrected chi connectivity index (χ4v) is 3.45. The zero-order valence-electron chi connectivity index (χ0n) is 18.5. The van der Waals surface area contributed by atoms with Gasteiger partial charge < -0.3 is 15.4 Å². The first-order valence-electron chi connectivity index (χ1n) is 11.0. The molecule has 33 heavy (non-hydrogen) atoms. The second-order valence-electron chi connectivity index (χ2n) is 7.43. The van der Waals surface area contributed by atoms with Crippen LogP contribution in [0.1, 0.15) is 35.1 Å². The van der Waals surface area contributed by atoms with E-state index < -0.39 is 0 Å². The highest BCUT2D eigenvalue weighted by atomic mass is 16.5. The number of hydrogen-bond acceptors (Lipinski definition) is 5. The number of anilines is 2. The average Bonchev–Trinajstić information content (AvgIpc) is 3.25. The standard InChI is InChI=1S/C26H27N5O2/c1-2-33-17-7-16-28-26(32)22-9-3-4-10-23(22)29-20-11-13-21-24(30-31-25(21)18-20)14-12-19-8-5-6-15-27-19/h3-6,8-15,18,29H,2,7,16-17H2,1H3,(H,28,32)(H,30,31)/b14-12+. The normalized spacial score (nSPS) is 11.2. The van der Waals surface area contributed by atoms with Crippen molar-refractivity contribution in [2.24, 2.45) is 0 Å². The molecule has 0 saturated heterocycles. The van der Waals surface area contributed by atoms with Gasteiger partial charge in [0.2, 0.25) is 0 Å². The maximum Gasteiger partial charge on any atom is 0.253 e. The first-order valence-corrected chi connectivity index (χ1v) is 11.0. The summed E-state index contributed by atoms with van der Waals surface area (Å²) in [6.45, 7) is 3.85. The van der Waals surface area contributed by atoms with Crippen LogP contribution in [-0.4, -0.2) is 40.8 Å². The van der Waals surface area contributed by atoms with Crippen LogP contribution in [0.25, 0.3) is 23.1 Å². The van der Waals surface area contributed by atoms with Gasteiger partial charge in [0.25, 0.3) is 5.91 Å². The van der Waals surface area contributed by atoms with Crippen LogP contribution >= 0.6 is 0 Å². The average molecular weight is 442 g/mol. The van der Waals surface area contributed by atoms with Crippen molar-refractivity contribution in [3.05, 3.63) is 83.8 Å². The molecule has 0 unspecified atom stereocenters. The van der Waals surface area contributed by atoms with Gasteiger partial charge in [0, 0.05) is 37.0 Å². The van der Waals surface area contributed by atoms with E-state index in [0.717, 1.165) is 40.1 Å². The lowest BCUT2D eigenvalue weighted by Crippen LogP contribution is -2.26. The summed E-state index contributed by atoms with van der Waals surface area (Å²) in [5.41, 5.74) is 4.82. The Labute approximate surface area is 192 Å². The first kappa shape index (κ1) is 22.2. The van der Waals surface area contributed by atoms with Crippen LogP contribution in [0.15, 0.2) is 66.9 Å². The second kappa shape index (κ2) is 11.1. The number of nitrogens with zero attached hydrogens (tertiary/aromatic N) is 2. The molecular formula is C26H27N5O2. The molecule has 7 heteroatoms. The number of rotatable bonds is 10. The number of H-pyrrole nitrogens is 1. The van der Waals surface area contributed by atoms with Gasteiger partial charge >= 0.3 is 0 Å². The summed E-state index contributed by atoms with van der Waals surface area (Å²) >= 11 is 0. The van der Waals surface area contributed by atoms with Crippen molar-refractivity contribution in [1.29, 1.82) is 0 Å². The number of aromatic nitrogens is 3. The molecular weight excluding hydrogens is 414 g/mol. The molecule has 7 nitrogen and oxygen atoms in total. The lowest BCUT2D eigenvalue weighted by atomic mass is 10.1. The van der Waals surface area contributed by atoms with Gasteiger partial charge in [0.05, 0.1) is 28.2 Å². The number of fused-ring (bicyclic) bond motifs is 1. The number of carbonyl (C=O) groups excluding carboxylic acids is 1. The summed E-state index contributed by atoms with van der Waals surface area (Å²) in [5.74, 6) is -0.112. The summed E-state index contributed by atoms with van der Waals surface area (Å²) in [4.78, 5) is 17.0. The van der Waals surface area contributed by atoms with Crippen molar-refractivity contribution in [2.45, 2.75) is 13.3 Å². The van der Waals surface area contributed by atoms with E-state index in [-0.39, 0.29) is 5.91 Å². The largest absolute Gasteiger partial charge is 0.382 e. The highest BCUT2D eigenvalue weighted by molar-refractivity contribution is 6.00. The number of benzene rings is 2. The smallest absolute Gasteiger partial charge is 0.253 e. The van der Waals surface area contributed by atoms with Crippen molar-refractivity contribution in [3.63, 3.8) is 0 Å². The number of para-hydroxylation sites is 1. The molecule has 1 amide bonds. The zero-order valence-corrected chi connectivity index (χ0v) is 18.5. The number of pyridine rings is 1. The first-order chi connectivity index (χ1) is 16.2. The monoisotopic (exact) mass is 441 g/mol. The van der Waals surface area contributed by atoms with E-state index in [1.54, 1.807) is 6.20 Å². The van der Waals surface area contributed by atoms with E-state index in [2.05, 4.69) is 25.8 Å². The number of aromatic amines is 1. The number of ether oxygens (including phenoxy) is 1. The molecule has 0 aliphatic heterocycles. The van der Waals surface area contributed by atoms with Crippen molar-refractivity contribution in [2.75, 3.05) is 25.1 Å². The van der Waals surface area contributed by atoms with Gasteiger partial charge in [-0.05, 0) is 68.0 Å². The quantitative estimate of drug-likeness (QED) is 0.300. The lowest BCUT2D eigenvalue weighted by Gasteiger charge is -2.12. The molecule has 0 aliphatic rings. The third-order valence-corrected chi connectivity index (χ3v) is 5.10. The van der Waals surface area contributed by atoms with E-state index in [4.69, 9.17) is 4.74 Å². The highest BCUT2D eigenvalue weighted by Gasteiger charge is 2.11. The van der Waals surface area contributed by atoms with Crippen molar-refractivity contribution < 1.29 is 9.53 Å². The van der Waals surface area contributed by atoms with Crippen LogP contribution in [0.2, 0.25) is 0 Å². The molecule has 0 atom stereocenters. The number of hydrogen-bond donors (Lipinski definition) is 3. The van der Waals surface area contributed by atoms with Gasteiger partial charge in [-0.25, -0.2) is 0 Å². The Morgan fingerprint density at radius 2 is 1.97 bits per heavy atom. The summed E-state index contributed by atoms with van der Waals surface area (Å²) in [6.07, 6.45) is 6.42. The third-order valence-electron chi connectivity index (χ3n) is 5.10. The summed E-state index contributed by atoms with van der Waals surface area (Å²) < 4.78 is 5.32. The molecule has 0 bridgehead atoms. The van der Waals surface area contributed by atoms with Crippen molar-refractivity contribution in [3.8, 4) is 0 Å². The Kier molecular flexibility index (Phi) is 7.45. The van der Waals surface area contributed by atoms with Crippen molar-refractivity contribution in [1.82, 2.24) is 20.5 Å². The maximum absolute atomic E-state index is 12.7. The van der Waals surface area contributed by atoms with Crippen LogP contribution in [-0.2, 0) is 4.74 Å². The van der Waals surface area contributed by atoms with Crippen LogP contribution in [0.5, 0.6) is 0 Å². The third kappa shape index (κ3) is 5.84. The van der Waals surface area contributed by atoms with Gasteiger partial charge in [-0.1, -0.05) is 18.2 Å². The minimum atomic E-state index is -0.112. The fourth-order valence-electron chi connectivity index (χ4n) is 3.45. The Morgan fingerprint density at radius 3 is 2.82 bits per heavy atom. The molecule has 0 radical (unpaired) electrons. The van der Waals surface area contributed by atoms with E-state index >= 15 is 0 Å². The predicted molar refractivity (Wildman–Crippen MR) is 132 cm³/mol. The van der Waals surface area contributed by atoms with Gasteiger partial charge in [0.15, 0.2) is 0 Å². The molecule has 0 fully saturated rings. The van der Waals surface area contributed by atoms with Crippen molar-refractivity contribution >= 4 is 40.3 Å². The van der Waals surface area contributed by atoms with Gasteiger partial charge in [-0.3, -0.25) is 14.9 Å². The van der Waals surface area contributed by atoms with Gasteiger partial charge in [0.1, 0.15) is 0 Å². The van der Waals surface area contributed by atoms with Gasteiger partial charge in [-0.2, -0.15) is 5.10 Å². The Bertz CT molecular complexity index is 1230. The summed E-state index contributed by atoms with van der Waals surface area (Å²) in [7, 11) is 0. The van der Waals surface area contributed by atoms with Crippen LogP contribution in [0.4, 0.5) is 11.4 Å². The SMILES string of the molecule is CCOCCCNC(=O)c1ccccc1Nc1ccc2c(/C=C/c3ccccn3)n[nH]c2c1. The Morgan fingerprint density at radius 1 is 1.09 bits per heavy atom. The maximum atomic E-state index is 12.7. The summed E-state index contributed by atoms with van der Waals surface area (Å²) in [6, 6.07) is 19.2. The molecule has 168 valence electrons. The Hall–Kier alpha value is -3.97. The zero-order chi connectivity index (χ0) is 22.9. The van der Waals surface area contributed by atoms with E-state index in [9.17, 15) is 4.79 Å². The lowest BCUT2D eigenvalue weighted by molar-refractivity contribution is 0.0945. The molecule has 3 N–H and O–H groups in total.